The Bertz CT molecular complexity index is 1000. The van der Waals surface area contributed by atoms with Crippen molar-refractivity contribution < 1.29 is 4.79 Å². The average molecular weight is 379 g/mol. The van der Waals surface area contributed by atoms with Crippen LogP contribution in [-0.2, 0) is 0 Å². The van der Waals surface area contributed by atoms with Crippen molar-refractivity contribution in [2.24, 2.45) is 0 Å². The zero-order chi connectivity index (χ0) is 19.0. The van der Waals surface area contributed by atoms with Crippen LogP contribution in [0.25, 0.3) is 0 Å². The molecule has 136 valence electrons. The van der Waals surface area contributed by atoms with Gasteiger partial charge in [-0.1, -0.05) is 47.0 Å². The first-order chi connectivity index (χ1) is 13.0. The second kappa shape index (κ2) is 6.93. The fourth-order valence-corrected chi connectivity index (χ4v) is 3.34. The number of carbonyl (C=O) groups is 1. The van der Waals surface area contributed by atoms with E-state index in [0.29, 0.717) is 10.7 Å². The summed E-state index contributed by atoms with van der Waals surface area (Å²) >= 11 is 6.33. The summed E-state index contributed by atoms with van der Waals surface area (Å²) in [6, 6.07) is 17.3. The molecule has 0 aliphatic carbocycles. The zero-order valence-electron chi connectivity index (χ0n) is 15.0. The number of halogens is 1. The lowest BCUT2D eigenvalue weighted by Gasteiger charge is -2.38. The lowest BCUT2D eigenvalue weighted by molar-refractivity contribution is 0.0733. The van der Waals surface area contributed by atoms with E-state index < -0.39 is 6.17 Å². The number of hydrogen-bond acceptors (Lipinski definition) is 4. The number of carbonyl (C=O) groups excluding carboxylic acids is 1. The fraction of sp³-hybridized carbons (Fsp3) is 0.143. The first-order valence-corrected chi connectivity index (χ1v) is 9.05. The minimum atomic E-state index is -0.491. The molecule has 0 saturated carbocycles. The maximum absolute atomic E-state index is 13.3. The lowest BCUT2D eigenvalue weighted by atomic mass is 10.0. The molecule has 0 spiro atoms. The number of pyridine rings is 1. The monoisotopic (exact) mass is 378 g/mol. The van der Waals surface area contributed by atoms with E-state index in [1.165, 1.54) is 0 Å². The van der Waals surface area contributed by atoms with E-state index in [4.69, 9.17) is 11.6 Å². The summed E-state index contributed by atoms with van der Waals surface area (Å²) in [7, 11) is 0. The molecule has 2 heterocycles. The number of rotatable bonds is 3. The Morgan fingerprint density at radius 1 is 1.07 bits per heavy atom. The number of benzene rings is 2. The van der Waals surface area contributed by atoms with Crippen molar-refractivity contribution in [3.05, 3.63) is 88.2 Å². The van der Waals surface area contributed by atoms with Gasteiger partial charge in [-0.25, -0.2) is 9.99 Å². The number of aryl methyl sites for hydroxylation is 2. The van der Waals surface area contributed by atoms with E-state index in [1.807, 2.05) is 68.4 Å². The quantitative estimate of drug-likeness (QED) is 0.633. The molecule has 3 aromatic rings. The average Bonchev–Trinajstić information content (AvgIpc) is 2.66. The first kappa shape index (κ1) is 17.4. The van der Waals surface area contributed by atoms with Crippen molar-refractivity contribution in [1.82, 2.24) is 9.99 Å². The van der Waals surface area contributed by atoms with Crippen LogP contribution in [0.4, 0.5) is 11.4 Å². The molecule has 2 aromatic carbocycles. The number of anilines is 2. The maximum Gasteiger partial charge on any atom is 0.276 e. The van der Waals surface area contributed by atoms with Crippen molar-refractivity contribution >= 4 is 28.9 Å². The third-order valence-electron chi connectivity index (χ3n) is 4.56. The van der Waals surface area contributed by atoms with Crippen molar-refractivity contribution in [2.75, 3.05) is 10.7 Å². The fourth-order valence-electron chi connectivity index (χ4n) is 3.12. The van der Waals surface area contributed by atoms with E-state index in [1.54, 1.807) is 11.2 Å². The smallest absolute Gasteiger partial charge is 0.276 e. The van der Waals surface area contributed by atoms with E-state index in [2.05, 4.69) is 15.7 Å². The van der Waals surface area contributed by atoms with Crippen LogP contribution in [-0.4, -0.2) is 15.9 Å². The van der Waals surface area contributed by atoms with Crippen LogP contribution in [0.2, 0.25) is 5.15 Å². The molecule has 0 radical (unpaired) electrons. The van der Waals surface area contributed by atoms with Crippen LogP contribution in [0.15, 0.2) is 60.8 Å². The highest BCUT2D eigenvalue weighted by Crippen LogP contribution is 2.35. The Labute approximate surface area is 163 Å². The molecule has 2 N–H and O–H groups in total. The van der Waals surface area contributed by atoms with Crippen LogP contribution in [0.5, 0.6) is 0 Å². The van der Waals surface area contributed by atoms with Gasteiger partial charge in [0.15, 0.2) is 6.17 Å². The number of fused-ring (bicyclic) bond motifs is 1. The highest BCUT2D eigenvalue weighted by atomic mass is 35.5. The Kier molecular flexibility index (Phi) is 4.46. The predicted octanol–water partition coefficient (Wildman–Crippen LogP) is 4.95. The SMILES string of the molecule is Cc1ccc(NN2C(=O)c3cc(C)ccc3NC2c2cccnc2Cl)cc1. The molecule has 1 aromatic heterocycles. The van der Waals surface area contributed by atoms with Crippen LogP contribution in [0.1, 0.15) is 33.2 Å². The molecule has 1 amide bonds. The normalized spacial score (nSPS) is 15.9. The lowest BCUT2D eigenvalue weighted by Crippen LogP contribution is -2.46. The molecule has 1 aliphatic heterocycles. The van der Waals surface area contributed by atoms with Gasteiger partial charge in [0.1, 0.15) is 5.15 Å². The first-order valence-electron chi connectivity index (χ1n) is 8.67. The number of aromatic nitrogens is 1. The van der Waals surface area contributed by atoms with E-state index >= 15 is 0 Å². The number of amides is 1. The summed E-state index contributed by atoms with van der Waals surface area (Å²) in [5.74, 6) is -0.127. The van der Waals surface area contributed by atoms with Crippen molar-refractivity contribution in [1.29, 1.82) is 0 Å². The second-order valence-corrected chi connectivity index (χ2v) is 6.99. The van der Waals surface area contributed by atoms with E-state index in [0.717, 1.165) is 28.1 Å². The standard InChI is InChI=1S/C21H19ClN4O/c1-13-5-8-15(9-6-13)25-26-20(16-4-3-11-23-19(16)22)24-18-10-7-14(2)12-17(18)21(26)27/h3-12,20,24-25H,1-2H3. The van der Waals surface area contributed by atoms with Gasteiger partial charge in [0.2, 0.25) is 0 Å². The van der Waals surface area contributed by atoms with Crippen LogP contribution < -0.4 is 10.7 Å². The maximum atomic E-state index is 13.3. The second-order valence-electron chi connectivity index (χ2n) is 6.63. The summed E-state index contributed by atoms with van der Waals surface area (Å²) in [5, 5.41) is 5.33. The Morgan fingerprint density at radius 3 is 2.56 bits per heavy atom. The van der Waals surface area contributed by atoms with Crippen molar-refractivity contribution in [3.8, 4) is 0 Å². The molecule has 4 rings (SSSR count). The highest BCUT2D eigenvalue weighted by molar-refractivity contribution is 6.30. The molecule has 27 heavy (non-hydrogen) atoms. The molecular weight excluding hydrogens is 360 g/mol. The summed E-state index contributed by atoms with van der Waals surface area (Å²) < 4.78 is 0. The molecule has 0 fully saturated rings. The van der Waals surface area contributed by atoms with Gasteiger partial charge in [0.05, 0.1) is 11.3 Å². The van der Waals surface area contributed by atoms with E-state index in [9.17, 15) is 4.79 Å². The summed E-state index contributed by atoms with van der Waals surface area (Å²) in [4.78, 5) is 17.5. The predicted molar refractivity (Wildman–Crippen MR) is 108 cm³/mol. The molecule has 1 aliphatic rings. The van der Waals surface area contributed by atoms with Gasteiger partial charge in [0.25, 0.3) is 5.91 Å². The summed E-state index contributed by atoms with van der Waals surface area (Å²) in [6.07, 6.45) is 1.14. The molecule has 1 unspecified atom stereocenters. The number of nitrogens with zero attached hydrogens (tertiary/aromatic N) is 2. The van der Waals surface area contributed by atoms with Gasteiger partial charge >= 0.3 is 0 Å². The number of nitrogens with one attached hydrogen (secondary N) is 2. The van der Waals surface area contributed by atoms with Crippen LogP contribution >= 0.6 is 11.6 Å². The molecule has 1 atom stereocenters. The van der Waals surface area contributed by atoms with Gasteiger partial charge in [0, 0.05) is 17.4 Å². The molecule has 0 saturated heterocycles. The number of hydrazine groups is 1. The van der Waals surface area contributed by atoms with Crippen molar-refractivity contribution in [3.63, 3.8) is 0 Å². The van der Waals surface area contributed by atoms with Crippen LogP contribution in [0.3, 0.4) is 0 Å². The molecule has 0 bridgehead atoms. The third kappa shape index (κ3) is 3.34. The largest absolute Gasteiger partial charge is 0.359 e. The minimum Gasteiger partial charge on any atom is -0.359 e. The topological polar surface area (TPSA) is 57.3 Å². The van der Waals surface area contributed by atoms with Crippen LogP contribution in [0, 0.1) is 13.8 Å². The zero-order valence-corrected chi connectivity index (χ0v) is 15.8. The summed E-state index contributed by atoms with van der Waals surface area (Å²) in [6.45, 7) is 3.99. The van der Waals surface area contributed by atoms with Gasteiger partial charge in [-0.15, -0.1) is 0 Å². The highest BCUT2D eigenvalue weighted by Gasteiger charge is 2.34. The minimum absolute atomic E-state index is 0.127. The molecule has 5 nitrogen and oxygen atoms in total. The summed E-state index contributed by atoms with van der Waals surface area (Å²) in [5.41, 5.74) is 8.33. The molecular formula is C21H19ClN4O. The molecule has 6 heteroatoms. The van der Waals surface area contributed by atoms with Gasteiger partial charge in [-0.3, -0.25) is 10.2 Å². The Morgan fingerprint density at radius 2 is 1.81 bits per heavy atom. The van der Waals surface area contributed by atoms with Gasteiger partial charge in [-0.2, -0.15) is 0 Å². The van der Waals surface area contributed by atoms with Gasteiger partial charge in [-0.05, 0) is 44.2 Å². The van der Waals surface area contributed by atoms with E-state index in [-0.39, 0.29) is 5.91 Å². The third-order valence-corrected chi connectivity index (χ3v) is 4.87. The Balaban J connectivity index is 1.79. The Hall–Kier alpha value is -3.05. The van der Waals surface area contributed by atoms with Gasteiger partial charge < -0.3 is 5.32 Å². The number of hydrogen-bond donors (Lipinski definition) is 2. The van der Waals surface area contributed by atoms with Crippen molar-refractivity contribution in [2.45, 2.75) is 20.0 Å².